The van der Waals surface area contributed by atoms with Crippen LogP contribution in [0.4, 0.5) is 0 Å². The van der Waals surface area contributed by atoms with Crippen molar-refractivity contribution in [1.82, 2.24) is 14.9 Å². The lowest BCUT2D eigenvalue weighted by atomic mass is 10.1. The van der Waals surface area contributed by atoms with Crippen molar-refractivity contribution in [2.75, 3.05) is 6.61 Å². The zero-order valence-electron chi connectivity index (χ0n) is 16.3. The van der Waals surface area contributed by atoms with Gasteiger partial charge in [-0.05, 0) is 49.6 Å². The van der Waals surface area contributed by atoms with Crippen LogP contribution < -0.4 is 10.1 Å². The molecule has 1 aromatic heterocycles. The average molecular weight is 365 g/mol. The molecule has 1 N–H and O–H groups in total. The smallest absolute Gasteiger partial charge is 0.220 e. The molecule has 3 aromatic rings. The van der Waals surface area contributed by atoms with Gasteiger partial charge >= 0.3 is 0 Å². The number of aromatic nitrogens is 2. The van der Waals surface area contributed by atoms with Crippen molar-refractivity contribution in [1.29, 1.82) is 0 Å². The minimum atomic E-state index is 0.0341. The molecule has 1 heterocycles. The first-order chi connectivity index (χ1) is 13.1. The molecule has 0 bridgehead atoms. The number of amides is 1. The molecular formula is C22H27N3O2. The summed E-state index contributed by atoms with van der Waals surface area (Å²) in [6.45, 7) is 7.90. The molecule has 5 heteroatoms. The summed E-state index contributed by atoms with van der Waals surface area (Å²) in [7, 11) is 0. The minimum absolute atomic E-state index is 0.0341. The van der Waals surface area contributed by atoms with Crippen LogP contribution in [0.1, 0.15) is 36.7 Å². The van der Waals surface area contributed by atoms with Crippen LogP contribution in [-0.4, -0.2) is 22.1 Å². The molecular weight excluding hydrogens is 338 g/mol. The number of fused-ring (bicyclic) bond motifs is 1. The van der Waals surface area contributed by atoms with E-state index in [9.17, 15) is 4.79 Å². The molecule has 142 valence electrons. The third-order valence-corrected chi connectivity index (χ3v) is 4.84. The van der Waals surface area contributed by atoms with Gasteiger partial charge in [0.15, 0.2) is 0 Å². The largest absolute Gasteiger partial charge is 0.493 e. The molecule has 0 radical (unpaired) electrons. The van der Waals surface area contributed by atoms with Crippen molar-refractivity contribution < 1.29 is 9.53 Å². The Labute approximate surface area is 160 Å². The Morgan fingerprint density at radius 2 is 1.96 bits per heavy atom. The fourth-order valence-electron chi connectivity index (χ4n) is 3.10. The summed E-state index contributed by atoms with van der Waals surface area (Å²) in [6, 6.07) is 14.2. The molecule has 2 aromatic carbocycles. The second kappa shape index (κ2) is 8.71. The Morgan fingerprint density at radius 3 is 2.78 bits per heavy atom. The van der Waals surface area contributed by atoms with Crippen molar-refractivity contribution in [3.05, 3.63) is 59.4 Å². The molecule has 0 fully saturated rings. The number of rotatable bonds is 8. The van der Waals surface area contributed by atoms with Crippen molar-refractivity contribution in [3.63, 3.8) is 0 Å². The number of benzene rings is 2. The predicted octanol–water partition coefficient (Wildman–Crippen LogP) is 4.15. The minimum Gasteiger partial charge on any atom is -0.493 e. The van der Waals surface area contributed by atoms with Gasteiger partial charge in [-0.2, -0.15) is 0 Å². The maximum atomic E-state index is 11.6. The number of hydrogen-bond acceptors (Lipinski definition) is 3. The van der Waals surface area contributed by atoms with E-state index < -0.39 is 0 Å². The predicted molar refractivity (Wildman–Crippen MR) is 108 cm³/mol. The van der Waals surface area contributed by atoms with Gasteiger partial charge in [-0.15, -0.1) is 0 Å². The van der Waals surface area contributed by atoms with Crippen LogP contribution in [0.25, 0.3) is 11.0 Å². The molecule has 0 spiro atoms. The number of imidazole rings is 1. The fourth-order valence-corrected chi connectivity index (χ4v) is 3.10. The quantitative estimate of drug-likeness (QED) is 0.610. The Balaban J connectivity index is 1.67. The topological polar surface area (TPSA) is 56.2 Å². The van der Waals surface area contributed by atoms with Crippen LogP contribution in [0.2, 0.25) is 0 Å². The molecule has 0 aliphatic heterocycles. The fraction of sp³-hybridized carbons (Fsp3) is 0.364. The summed E-state index contributed by atoms with van der Waals surface area (Å²) in [4.78, 5) is 16.3. The Morgan fingerprint density at radius 1 is 1.15 bits per heavy atom. The molecule has 0 unspecified atom stereocenters. The van der Waals surface area contributed by atoms with Gasteiger partial charge < -0.3 is 14.6 Å². The normalized spacial score (nSPS) is 10.9. The van der Waals surface area contributed by atoms with Gasteiger partial charge in [0.05, 0.1) is 24.2 Å². The van der Waals surface area contributed by atoms with Crippen molar-refractivity contribution in [2.24, 2.45) is 0 Å². The van der Waals surface area contributed by atoms with Gasteiger partial charge in [-0.1, -0.05) is 31.2 Å². The lowest BCUT2D eigenvalue weighted by Crippen LogP contribution is -2.23. The number of nitrogens with one attached hydrogen (secondary N) is 1. The van der Waals surface area contributed by atoms with Gasteiger partial charge in [0.25, 0.3) is 0 Å². The monoisotopic (exact) mass is 365 g/mol. The summed E-state index contributed by atoms with van der Waals surface area (Å²) in [5.41, 5.74) is 4.47. The highest BCUT2D eigenvalue weighted by Gasteiger charge is 2.11. The number of ether oxygens (including phenoxy) is 1. The third-order valence-electron chi connectivity index (χ3n) is 4.84. The second-order valence-corrected chi connectivity index (χ2v) is 6.70. The first-order valence-corrected chi connectivity index (χ1v) is 9.50. The Kier molecular flexibility index (Phi) is 6.12. The van der Waals surface area contributed by atoms with Gasteiger partial charge in [0, 0.05) is 13.0 Å². The van der Waals surface area contributed by atoms with Crippen LogP contribution in [0, 0.1) is 13.8 Å². The van der Waals surface area contributed by atoms with Crippen LogP contribution >= 0.6 is 0 Å². The summed E-state index contributed by atoms with van der Waals surface area (Å²) >= 11 is 0. The first-order valence-electron chi connectivity index (χ1n) is 9.50. The lowest BCUT2D eigenvalue weighted by molar-refractivity contribution is -0.120. The summed E-state index contributed by atoms with van der Waals surface area (Å²) < 4.78 is 8.16. The van der Waals surface area contributed by atoms with E-state index in [4.69, 9.17) is 4.74 Å². The van der Waals surface area contributed by atoms with Crippen molar-refractivity contribution in [3.8, 4) is 5.75 Å². The van der Waals surface area contributed by atoms with Crippen LogP contribution in [0.5, 0.6) is 5.75 Å². The van der Waals surface area contributed by atoms with Crippen molar-refractivity contribution in [2.45, 2.75) is 46.7 Å². The van der Waals surface area contributed by atoms with E-state index in [1.165, 1.54) is 11.1 Å². The second-order valence-electron chi connectivity index (χ2n) is 6.70. The Bertz CT molecular complexity index is 930. The number of hydrogen-bond donors (Lipinski definition) is 1. The SMILES string of the molecule is CCC(=O)NCc1nc2ccccc2n1CCCOc1cccc(C)c1C. The van der Waals surface area contributed by atoms with E-state index in [1.54, 1.807) is 0 Å². The number of carbonyl (C=O) groups excluding carboxylic acids is 1. The molecule has 1 amide bonds. The zero-order chi connectivity index (χ0) is 19.2. The number of nitrogens with zero attached hydrogens (tertiary/aromatic N) is 2. The summed E-state index contributed by atoms with van der Waals surface area (Å²) in [6.07, 6.45) is 1.34. The highest BCUT2D eigenvalue weighted by atomic mass is 16.5. The number of para-hydroxylation sites is 2. The maximum absolute atomic E-state index is 11.6. The van der Waals surface area contributed by atoms with Gasteiger partial charge in [-0.25, -0.2) is 4.98 Å². The maximum Gasteiger partial charge on any atom is 0.220 e. The molecule has 0 atom stereocenters. The third kappa shape index (κ3) is 4.48. The highest BCUT2D eigenvalue weighted by molar-refractivity contribution is 5.77. The van der Waals surface area contributed by atoms with E-state index >= 15 is 0 Å². The van der Waals surface area contributed by atoms with Gasteiger partial charge in [0.1, 0.15) is 11.6 Å². The first kappa shape index (κ1) is 19.0. The van der Waals surface area contributed by atoms with E-state index in [2.05, 4.69) is 40.8 Å². The average Bonchev–Trinajstić information content (AvgIpc) is 3.04. The van der Waals surface area contributed by atoms with Crippen LogP contribution in [-0.2, 0) is 17.9 Å². The molecule has 0 aliphatic rings. The van der Waals surface area contributed by atoms with E-state index in [-0.39, 0.29) is 5.91 Å². The lowest BCUT2D eigenvalue weighted by Gasteiger charge is -2.13. The standard InChI is InChI=1S/C22H27N3O2/c1-4-22(26)23-15-21-24-18-10-5-6-11-19(18)25(21)13-8-14-27-20-12-7-9-16(2)17(20)3/h5-7,9-12H,4,8,13-15H2,1-3H3,(H,23,26). The van der Waals surface area contributed by atoms with Gasteiger partial charge in [-0.3, -0.25) is 4.79 Å². The highest BCUT2D eigenvalue weighted by Crippen LogP contribution is 2.21. The van der Waals surface area contributed by atoms with Crippen molar-refractivity contribution >= 4 is 16.9 Å². The molecule has 0 saturated carbocycles. The molecule has 3 rings (SSSR count). The Hall–Kier alpha value is -2.82. The molecule has 0 saturated heterocycles. The number of aryl methyl sites for hydroxylation is 2. The summed E-state index contributed by atoms with van der Waals surface area (Å²) in [5, 5.41) is 2.93. The van der Waals surface area contributed by atoms with E-state index in [1.807, 2.05) is 37.3 Å². The van der Waals surface area contributed by atoms with Crippen LogP contribution in [0.3, 0.4) is 0 Å². The number of carbonyl (C=O) groups is 1. The van der Waals surface area contributed by atoms with Crippen LogP contribution in [0.15, 0.2) is 42.5 Å². The van der Waals surface area contributed by atoms with E-state index in [0.717, 1.165) is 35.6 Å². The van der Waals surface area contributed by atoms with E-state index in [0.29, 0.717) is 19.6 Å². The molecule has 0 aliphatic carbocycles. The molecule has 5 nitrogen and oxygen atoms in total. The van der Waals surface area contributed by atoms with Gasteiger partial charge in [0.2, 0.25) is 5.91 Å². The summed E-state index contributed by atoms with van der Waals surface area (Å²) in [5.74, 6) is 1.86. The zero-order valence-corrected chi connectivity index (χ0v) is 16.3. The molecule has 27 heavy (non-hydrogen) atoms.